The van der Waals surface area contributed by atoms with Crippen LogP contribution in [0.1, 0.15) is 6.92 Å². The molecule has 0 spiro atoms. The second kappa shape index (κ2) is 7.68. The van der Waals surface area contributed by atoms with Crippen LogP contribution < -0.4 is 10.2 Å². The molecule has 1 rings (SSSR count). The lowest BCUT2D eigenvalue weighted by molar-refractivity contribution is -0.135. The number of aliphatic carboxylic acids is 1. The highest BCUT2D eigenvalue weighted by molar-refractivity contribution is 7.99. The van der Waals surface area contributed by atoms with Gasteiger partial charge in [0.15, 0.2) is 0 Å². The van der Waals surface area contributed by atoms with Crippen LogP contribution in [-0.2, 0) is 4.79 Å². The maximum absolute atomic E-state index is 12.0. The van der Waals surface area contributed by atoms with Crippen molar-refractivity contribution in [3.05, 3.63) is 30.3 Å². The third-order valence-electron chi connectivity index (χ3n) is 2.55. The zero-order chi connectivity index (χ0) is 14.3. The van der Waals surface area contributed by atoms with Crippen LogP contribution >= 0.6 is 11.8 Å². The van der Waals surface area contributed by atoms with E-state index >= 15 is 0 Å². The predicted octanol–water partition coefficient (Wildman–Crippen LogP) is 2.04. The average Bonchev–Trinajstić information content (AvgIpc) is 2.42. The quantitative estimate of drug-likeness (QED) is 0.837. The van der Waals surface area contributed by atoms with Crippen molar-refractivity contribution in [3.63, 3.8) is 0 Å². The maximum Gasteiger partial charge on any atom is 0.323 e. The minimum Gasteiger partial charge on any atom is -0.480 e. The normalized spacial score (nSPS) is 11.7. The molecule has 19 heavy (non-hydrogen) atoms. The first kappa shape index (κ1) is 15.4. The molecular formula is C13H18N2O3S. The van der Waals surface area contributed by atoms with Crippen molar-refractivity contribution >= 4 is 29.4 Å². The van der Waals surface area contributed by atoms with E-state index in [0.29, 0.717) is 12.2 Å². The van der Waals surface area contributed by atoms with Gasteiger partial charge < -0.3 is 10.4 Å². The molecule has 1 aromatic rings. The van der Waals surface area contributed by atoms with Gasteiger partial charge in [-0.15, -0.1) is 0 Å². The molecule has 0 heterocycles. The van der Waals surface area contributed by atoms with Crippen LogP contribution in [0.5, 0.6) is 0 Å². The molecule has 0 aliphatic carbocycles. The molecule has 2 amide bonds. The van der Waals surface area contributed by atoms with Crippen molar-refractivity contribution in [2.75, 3.05) is 24.2 Å². The molecule has 0 aliphatic rings. The first-order valence-electron chi connectivity index (χ1n) is 5.89. The van der Waals surface area contributed by atoms with Gasteiger partial charge in [-0.05, 0) is 18.4 Å². The number of carbonyl (C=O) groups is 2. The van der Waals surface area contributed by atoms with Gasteiger partial charge in [0.25, 0.3) is 0 Å². The van der Waals surface area contributed by atoms with E-state index in [4.69, 9.17) is 5.11 Å². The van der Waals surface area contributed by atoms with Crippen LogP contribution in [0.15, 0.2) is 30.3 Å². The zero-order valence-electron chi connectivity index (χ0n) is 11.0. The average molecular weight is 282 g/mol. The summed E-state index contributed by atoms with van der Waals surface area (Å²) in [6.45, 7) is 2.14. The van der Waals surface area contributed by atoms with Crippen LogP contribution in [0.25, 0.3) is 0 Å². The lowest BCUT2D eigenvalue weighted by Gasteiger charge is -2.22. The van der Waals surface area contributed by atoms with Crippen molar-refractivity contribution in [3.8, 4) is 0 Å². The second-order valence-electron chi connectivity index (χ2n) is 4.05. The number of benzene rings is 1. The molecule has 0 radical (unpaired) electrons. The maximum atomic E-state index is 12.0. The van der Waals surface area contributed by atoms with Gasteiger partial charge in [-0.2, -0.15) is 11.8 Å². The Bertz CT molecular complexity index is 425. The molecule has 0 fully saturated rings. The Hall–Kier alpha value is -1.69. The summed E-state index contributed by atoms with van der Waals surface area (Å²) in [5.74, 6) is -1.04. The number of hydrogen-bond donors (Lipinski definition) is 2. The minimum absolute atomic E-state index is 0.284. The highest BCUT2D eigenvalue weighted by atomic mass is 32.2. The lowest BCUT2D eigenvalue weighted by Crippen LogP contribution is -2.44. The zero-order valence-corrected chi connectivity index (χ0v) is 11.8. The molecule has 0 bridgehead atoms. The van der Waals surface area contributed by atoms with Gasteiger partial charge in [-0.25, -0.2) is 4.79 Å². The Morgan fingerprint density at radius 3 is 2.53 bits per heavy atom. The molecule has 6 heteroatoms. The number of hydrogen-bond acceptors (Lipinski definition) is 3. The molecule has 0 saturated carbocycles. The van der Waals surface area contributed by atoms with E-state index in [1.54, 1.807) is 36.0 Å². The number of anilines is 1. The largest absolute Gasteiger partial charge is 0.480 e. The Labute approximate surface area is 117 Å². The number of amides is 2. The van der Waals surface area contributed by atoms with Gasteiger partial charge in [0.1, 0.15) is 6.54 Å². The smallest absolute Gasteiger partial charge is 0.323 e. The minimum atomic E-state index is -1.04. The summed E-state index contributed by atoms with van der Waals surface area (Å²) in [6.07, 6.45) is 1.96. The van der Waals surface area contributed by atoms with Crippen molar-refractivity contribution in [1.82, 2.24) is 5.32 Å². The first-order valence-corrected chi connectivity index (χ1v) is 7.18. The van der Waals surface area contributed by atoms with Crippen LogP contribution in [-0.4, -0.2) is 41.7 Å². The Morgan fingerprint density at radius 2 is 2.00 bits per heavy atom. The van der Waals surface area contributed by atoms with E-state index < -0.39 is 12.0 Å². The number of nitrogens with zero attached hydrogens (tertiary/aromatic N) is 1. The summed E-state index contributed by atoms with van der Waals surface area (Å²) in [5, 5.41) is 11.9. The lowest BCUT2D eigenvalue weighted by atomic mass is 10.3. The number of urea groups is 1. The van der Waals surface area contributed by atoms with Gasteiger partial charge in [0.05, 0.1) is 0 Å². The van der Waals surface area contributed by atoms with Crippen molar-refractivity contribution in [2.24, 2.45) is 0 Å². The summed E-state index contributed by atoms with van der Waals surface area (Å²) < 4.78 is 0. The SMILES string of the molecule is CSC(C)CNC(=O)N(CC(=O)O)c1ccccc1. The fourth-order valence-corrected chi connectivity index (χ4v) is 1.68. The van der Waals surface area contributed by atoms with Crippen LogP contribution in [0.2, 0.25) is 0 Å². The van der Waals surface area contributed by atoms with Gasteiger partial charge in [-0.3, -0.25) is 9.69 Å². The van der Waals surface area contributed by atoms with Gasteiger partial charge in [0, 0.05) is 17.5 Å². The Morgan fingerprint density at radius 1 is 1.37 bits per heavy atom. The standard InChI is InChI=1S/C13H18N2O3S/c1-10(19-2)8-14-13(18)15(9-12(16)17)11-6-4-3-5-7-11/h3-7,10H,8-9H2,1-2H3,(H,14,18)(H,16,17). The van der Waals surface area contributed by atoms with E-state index in [1.807, 2.05) is 19.2 Å². The highest BCUT2D eigenvalue weighted by Gasteiger charge is 2.18. The fourth-order valence-electron chi connectivity index (χ4n) is 1.43. The monoisotopic (exact) mass is 282 g/mol. The van der Waals surface area contributed by atoms with Crippen LogP contribution in [0.4, 0.5) is 10.5 Å². The van der Waals surface area contributed by atoms with Crippen LogP contribution in [0.3, 0.4) is 0 Å². The fraction of sp³-hybridized carbons (Fsp3) is 0.385. The van der Waals surface area contributed by atoms with E-state index in [-0.39, 0.29) is 11.8 Å². The molecule has 0 saturated heterocycles. The van der Waals surface area contributed by atoms with Crippen molar-refractivity contribution in [1.29, 1.82) is 0 Å². The van der Waals surface area contributed by atoms with E-state index in [2.05, 4.69) is 5.32 Å². The number of carboxylic acids is 1. The highest BCUT2D eigenvalue weighted by Crippen LogP contribution is 2.13. The molecule has 2 N–H and O–H groups in total. The summed E-state index contributed by atoms with van der Waals surface area (Å²) in [4.78, 5) is 24.1. The summed E-state index contributed by atoms with van der Waals surface area (Å²) in [7, 11) is 0. The van der Waals surface area contributed by atoms with Gasteiger partial charge in [-0.1, -0.05) is 25.1 Å². The van der Waals surface area contributed by atoms with E-state index in [0.717, 1.165) is 0 Å². The topological polar surface area (TPSA) is 69.6 Å². The molecule has 104 valence electrons. The second-order valence-corrected chi connectivity index (χ2v) is 5.32. The van der Waals surface area contributed by atoms with Crippen LogP contribution in [0, 0.1) is 0 Å². The summed E-state index contributed by atoms with van der Waals surface area (Å²) in [5.41, 5.74) is 0.569. The number of carbonyl (C=O) groups excluding carboxylic acids is 1. The van der Waals surface area contributed by atoms with Gasteiger partial charge >= 0.3 is 12.0 Å². The van der Waals surface area contributed by atoms with Crippen molar-refractivity contribution in [2.45, 2.75) is 12.2 Å². The van der Waals surface area contributed by atoms with E-state index in [1.165, 1.54) is 4.90 Å². The third-order valence-corrected chi connectivity index (χ3v) is 3.52. The number of carboxylic acid groups (broad SMARTS) is 1. The number of para-hydroxylation sites is 1. The predicted molar refractivity (Wildman–Crippen MR) is 77.8 cm³/mol. The van der Waals surface area contributed by atoms with E-state index in [9.17, 15) is 9.59 Å². The Kier molecular flexibility index (Phi) is 6.21. The number of rotatable bonds is 6. The summed E-state index contributed by atoms with van der Waals surface area (Å²) >= 11 is 1.64. The molecule has 1 unspecified atom stereocenters. The molecule has 0 aliphatic heterocycles. The molecule has 1 aromatic carbocycles. The first-order chi connectivity index (χ1) is 9.04. The number of thioether (sulfide) groups is 1. The third kappa shape index (κ3) is 5.21. The Balaban J connectivity index is 2.74. The summed E-state index contributed by atoms with van der Waals surface area (Å²) in [6, 6.07) is 8.37. The molecule has 1 atom stereocenters. The molecular weight excluding hydrogens is 264 g/mol. The van der Waals surface area contributed by atoms with Gasteiger partial charge in [0.2, 0.25) is 0 Å². The van der Waals surface area contributed by atoms with Crippen molar-refractivity contribution < 1.29 is 14.7 Å². The number of nitrogens with one attached hydrogen (secondary N) is 1. The molecule has 5 nitrogen and oxygen atoms in total. The molecule has 0 aromatic heterocycles.